The first-order valence-electron chi connectivity index (χ1n) is 9.60. The Morgan fingerprint density at radius 1 is 1.23 bits per heavy atom. The molecule has 1 rings (SSSR count). The van der Waals surface area contributed by atoms with E-state index in [9.17, 15) is 4.79 Å². The van der Waals surface area contributed by atoms with Crippen molar-refractivity contribution in [3.8, 4) is 5.75 Å². The van der Waals surface area contributed by atoms with E-state index in [1.54, 1.807) is 0 Å². The van der Waals surface area contributed by atoms with Crippen molar-refractivity contribution in [3.63, 3.8) is 0 Å². The summed E-state index contributed by atoms with van der Waals surface area (Å²) in [5.41, 5.74) is 6.24. The molecule has 146 valence electrons. The number of nitrogens with one attached hydrogen (secondary N) is 2. The van der Waals surface area contributed by atoms with Crippen LogP contribution in [0.25, 0.3) is 0 Å². The molecule has 0 saturated heterocycles. The van der Waals surface area contributed by atoms with Gasteiger partial charge in [0, 0.05) is 19.1 Å². The molecule has 0 fully saturated rings. The highest BCUT2D eigenvalue weighted by Crippen LogP contribution is 2.12. The molecule has 6 heteroatoms. The zero-order valence-electron chi connectivity index (χ0n) is 16.4. The molecule has 0 heterocycles. The topological polar surface area (TPSA) is 88.7 Å². The SMILES string of the molecule is CCCCCC(C)NC(=NCCc1ccc(OCC(N)=O)cc1)NCC. The second-order valence-corrected chi connectivity index (χ2v) is 6.45. The van der Waals surface area contributed by atoms with Crippen LogP contribution >= 0.6 is 0 Å². The van der Waals surface area contributed by atoms with Gasteiger partial charge in [0.05, 0.1) is 0 Å². The quantitative estimate of drug-likeness (QED) is 0.303. The zero-order chi connectivity index (χ0) is 19.2. The van der Waals surface area contributed by atoms with E-state index in [2.05, 4.69) is 36.4 Å². The van der Waals surface area contributed by atoms with Crippen LogP contribution in [0.2, 0.25) is 0 Å². The van der Waals surface area contributed by atoms with Crippen LogP contribution < -0.4 is 21.1 Å². The molecule has 0 aliphatic heterocycles. The fourth-order valence-electron chi connectivity index (χ4n) is 2.53. The summed E-state index contributed by atoms with van der Waals surface area (Å²) < 4.78 is 5.26. The normalized spacial score (nSPS) is 12.5. The summed E-state index contributed by atoms with van der Waals surface area (Å²) in [6.45, 7) is 7.95. The summed E-state index contributed by atoms with van der Waals surface area (Å²) in [7, 11) is 0. The van der Waals surface area contributed by atoms with Crippen LogP contribution in [-0.2, 0) is 11.2 Å². The Labute approximate surface area is 157 Å². The van der Waals surface area contributed by atoms with Gasteiger partial charge in [-0.2, -0.15) is 0 Å². The third-order valence-electron chi connectivity index (χ3n) is 3.94. The van der Waals surface area contributed by atoms with Gasteiger partial charge in [0.15, 0.2) is 12.6 Å². The molecule has 1 aromatic carbocycles. The van der Waals surface area contributed by atoms with Crippen molar-refractivity contribution >= 4 is 11.9 Å². The molecule has 0 aromatic heterocycles. The number of benzene rings is 1. The van der Waals surface area contributed by atoms with Gasteiger partial charge in [0.25, 0.3) is 5.91 Å². The third-order valence-corrected chi connectivity index (χ3v) is 3.94. The summed E-state index contributed by atoms with van der Waals surface area (Å²) in [5.74, 6) is 1.04. The number of hydrogen-bond donors (Lipinski definition) is 3. The molecule has 1 amide bonds. The minimum Gasteiger partial charge on any atom is -0.484 e. The molecule has 0 aliphatic carbocycles. The van der Waals surface area contributed by atoms with Crippen molar-refractivity contribution in [2.45, 2.75) is 58.9 Å². The van der Waals surface area contributed by atoms with Crippen molar-refractivity contribution < 1.29 is 9.53 Å². The lowest BCUT2D eigenvalue weighted by Crippen LogP contribution is -2.42. The standard InChI is InChI=1S/C20H34N4O2/c1-4-6-7-8-16(3)24-20(22-5-2)23-14-13-17-9-11-18(12-10-17)26-15-19(21)25/h9-12,16H,4-8,13-15H2,1-3H3,(H2,21,25)(H2,22,23,24). The van der Waals surface area contributed by atoms with E-state index < -0.39 is 5.91 Å². The number of carbonyl (C=O) groups is 1. The van der Waals surface area contributed by atoms with Gasteiger partial charge >= 0.3 is 0 Å². The van der Waals surface area contributed by atoms with Gasteiger partial charge in [-0.3, -0.25) is 9.79 Å². The monoisotopic (exact) mass is 362 g/mol. The number of carbonyl (C=O) groups excluding carboxylic acids is 1. The Bertz CT molecular complexity index is 543. The number of amides is 1. The number of unbranched alkanes of at least 4 members (excludes halogenated alkanes) is 2. The molecule has 0 spiro atoms. The van der Waals surface area contributed by atoms with Crippen molar-refractivity contribution in [2.75, 3.05) is 19.7 Å². The fraction of sp³-hybridized carbons (Fsp3) is 0.600. The lowest BCUT2D eigenvalue weighted by Gasteiger charge is -2.17. The van der Waals surface area contributed by atoms with Crippen molar-refractivity contribution in [1.82, 2.24) is 10.6 Å². The molecule has 4 N–H and O–H groups in total. The van der Waals surface area contributed by atoms with Crippen molar-refractivity contribution in [3.05, 3.63) is 29.8 Å². The maximum absolute atomic E-state index is 10.7. The summed E-state index contributed by atoms with van der Waals surface area (Å²) in [4.78, 5) is 15.4. The molecule has 1 atom stereocenters. The summed E-state index contributed by atoms with van der Waals surface area (Å²) in [5, 5.41) is 6.78. The number of ether oxygens (including phenoxy) is 1. The largest absolute Gasteiger partial charge is 0.484 e. The van der Waals surface area contributed by atoms with Crippen LogP contribution in [0.1, 0.15) is 52.0 Å². The van der Waals surface area contributed by atoms with Crippen molar-refractivity contribution in [1.29, 1.82) is 0 Å². The first-order valence-corrected chi connectivity index (χ1v) is 9.60. The second-order valence-electron chi connectivity index (χ2n) is 6.45. The van der Waals surface area contributed by atoms with E-state index >= 15 is 0 Å². The molecular weight excluding hydrogens is 328 g/mol. The Morgan fingerprint density at radius 2 is 1.96 bits per heavy atom. The Kier molecular flexibility index (Phi) is 10.9. The second kappa shape index (κ2) is 13.0. The van der Waals surface area contributed by atoms with Crippen LogP contribution in [0.3, 0.4) is 0 Å². The minimum atomic E-state index is -0.476. The number of guanidine groups is 1. The number of rotatable bonds is 12. The third kappa shape index (κ3) is 9.91. The van der Waals surface area contributed by atoms with E-state index in [4.69, 9.17) is 10.5 Å². The van der Waals surface area contributed by atoms with Gasteiger partial charge in [0.2, 0.25) is 0 Å². The van der Waals surface area contributed by atoms with Crippen LogP contribution in [-0.4, -0.2) is 37.6 Å². The van der Waals surface area contributed by atoms with Crippen LogP contribution in [0.5, 0.6) is 5.75 Å². The van der Waals surface area contributed by atoms with Gasteiger partial charge in [-0.1, -0.05) is 38.3 Å². The predicted molar refractivity (Wildman–Crippen MR) is 108 cm³/mol. The van der Waals surface area contributed by atoms with Gasteiger partial charge in [-0.05, 0) is 44.4 Å². The minimum absolute atomic E-state index is 0.0994. The zero-order valence-corrected chi connectivity index (χ0v) is 16.4. The fourth-order valence-corrected chi connectivity index (χ4v) is 2.53. The Hall–Kier alpha value is -2.24. The molecular formula is C20H34N4O2. The maximum atomic E-state index is 10.7. The van der Waals surface area contributed by atoms with Gasteiger partial charge in [-0.15, -0.1) is 0 Å². The Balaban J connectivity index is 2.45. The highest BCUT2D eigenvalue weighted by molar-refractivity contribution is 5.80. The van der Waals surface area contributed by atoms with Gasteiger partial charge in [-0.25, -0.2) is 0 Å². The molecule has 1 unspecified atom stereocenters. The number of aliphatic imine (C=N–C) groups is 1. The summed E-state index contributed by atoms with van der Waals surface area (Å²) in [6, 6.07) is 8.09. The van der Waals surface area contributed by atoms with E-state index in [0.717, 1.165) is 25.3 Å². The predicted octanol–water partition coefficient (Wildman–Crippen LogP) is 2.62. The molecule has 0 aliphatic rings. The highest BCUT2D eigenvalue weighted by atomic mass is 16.5. The maximum Gasteiger partial charge on any atom is 0.255 e. The number of hydrogen-bond acceptors (Lipinski definition) is 3. The molecule has 0 saturated carbocycles. The van der Waals surface area contributed by atoms with Gasteiger partial charge in [0.1, 0.15) is 5.75 Å². The van der Waals surface area contributed by atoms with Crippen LogP contribution in [0, 0.1) is 0 Å². The average Bonchev–Trinajstić information content (AvgIpc) is 2.61. The average molecular weight is 363 g/mol. The molecule has 0 radical (unpaired) electrons. The van der Waals surface area contributed by atoms with E-state index in [1.807, 2.05) is 24.3 Å². The Morgan fingerprint density at radius 3 is 2.58 bits per heavy atom. The van der Waals surface area contributed by atoms with Crippen LogP contribution in [0.4, 0.5) is 0 Å². The lowest BCUT2D eigenvalue weighted by molar-refractivity contribution is -0.119. The van der Waals surface area contributed by atoms with E-state index in [0.29, 0.717) is 18.3 Å². The molecule has 0 bridgehead atoms. The number of nitrogens with two attached hydrogens (primary N) is 1. The molecule has 1 aromatic rings. The number of nitrogens with zero attached hydrogens (tertiary/aromatic N) is 1. The summed E-state index contributed by atoms with van der Waals surface area (Å²) in [6.07, 6.45) is 5.77. The van der Waals surface area contributed by atoms with Crippen molar-refractivity contribution in [2.24, 2.45) is 10.7 Å². The highest BCUT2D eigenvalue weighted by Gasteiger charge is 2.05. The van der Waals surface area contributed by atoms with Gasteiger partial charge < -0.3 is 21.1 Å². The van der Waals surface area contributed by atoms with E-state index in [1.165, 1.54) is 24.8 Å². The lowest BCUT2D eigenvalue weighted by atomic mass is 10.1. The van der Waals surface area contributed by atoms with Crippen LogP contribution in [0.15, 0.2) is 29.3 Å². The molecule has 6 nitrogen and oxygen atoms in total. The first kappa shape index (κ1) is 21.8. The summed E-state index contributed by atoms with van der Waals surface area (Å²) >= 11 is 0. The smallest absolute Gasteiger partial charge is 0.255 e. The number of primary amides is 1. The van der Waals surface area contributed by atoms with E-state index in [-0.39, 0.29) is 6.61 Å². The first-order chi connectivity index (χ1) is 12.5. The molecule has 26 heavy (non-hydrogen) atoms.